The highest BCUT2D eigenvalue weighted by Crippen LogP contribution is 2.24. The minimum atomic E-state index is 0.0681. The lowest BCUT2D eigenvalue weighted by Crippen LogP contribution is -2.44. The van der Waals surface area contributed by atoms with Crippen LogP contribution in [0.3, 0.4) is 0 Å². The van der Waals surface area contributed by atoms with E-state index >= 15 is 0 Å². The quantitative estimate of drug-likeness (QED) is 0.844. The van der Waals surface area contributed by atoms with E-state index in [2.05, 4.69) is 16.3 Å². The Hall–Kier alpha value is -1.59. The molecule has 1 saturated carbocycles. The maximum Gasteiger partial charge on any atom is 0.221 e. The van der Waals surface area contributed by atoms with Crippen molar-refractivity contribution in [1.29, 1.82) is 0 Å². The molecule has 1 aliphatic heterocycles. The molecule has 21 heavy (non-hydrogen) atoms. The molecule has 3 N–H and O–H groups in total. The average molecular weight is 289 g/mol. The highest BCUT2D eigenvalue weighted by Gasteiger charge is 2.27. The number of rotatable bonds is 5. The van der Waals surface area contributed by atoms with E-state index in [1.165, 1.54) is 0 Å². The number of ether oxygens (including phenoxy) is 1. The first-order valence-electron chi connectivity index (χ1n) is 7.70. The summed E-state index contributed by atoms with van der Waals surface area (Å²) in [6, 6.07) is 8.55. The van der Waals surface area contributed by atoms with Crippen molar-refractivity contribution >= 4 is 5.91 Å². The Kier molecular flexibility index (Phi) is 4.41. The van der Waals surface area contributed by atoms with Crippen LogP contribution in [0.5, 0.6) is 5.75 Å². The molecular formula is C16H23N3O2. The van der Waals surface area contributed by atoms with Gasteiger partial charge in [-0.05, 0) is 18.9 Å². The Labute approximate surface area is 125 Å². The topological polar surface area (TPSA) is 67.6 Å². The van der Waals surface area contributed by atoms with Crippen LogP contribution in [0.1, 0.15) is 24.8 Å². The largest absolute Gasteiger partial charge is 0.492 e. The van der Waals surface area contributed by atoms with Crippen LogP contribution >= 0.6 is 0 Å². The highest BCUT2D eigenvalue weighted by molar-refractivity contribution is 5.77. The Balaban J connectivity index is 1.64. The Morgan fingerprint density at radius 2 is 2.24 bits per heavy atom. The van der Waals surface area contributed by atoms with Gasteiger partial charge in [0.05, 0.1) is 0 Å². The zero-order chi connectivity index (χ0) is 14.7. The number of fused-ring (bicyclic) bond motifs is 1. The summed E-state index contributed by atoms with van der Waals surface area (Å²) < 4.78 is 5.77. The van der Waals surface area contributed by atoms with Crippen molar-refractivity contribution in [3.63, 3.8) is 0 Å². The molecule has 1 fully saturated rings. The molecule has 1 amide bonds. The lowest BCUT2D eigenvalue weighted by Gasteiger charge is -2.28. The van der Waals surface area contributed by atoms with Crippen molar-refractivity contribution in [3.8, 4) is 5.75 Å². The van der Waals surface area contributed by atoms with Crippen molar-refractivity contribution < 1.29 is 9.53 Å². The van der Waals surface area contributed by atoms with E-state index < -0.39 is 0 Å². The summed E-state index contributed by atoms with van der Waals surface area (Å²) in [4.78, 5) is 14.3. The first kappa shape index (κ1) is 14.4. The second-order valence-electron chi connectivity index (χ2n) is 5.86. The number of hydrogen-bond donors (Lipinski definition) is 2. The van der Waals surface area contributed by atoms with E-state index in [0.29, 0.717) is 25.6 Å². The molecule has 1 aromatic carbocycles. The SMILES string of the molecule is NCC(CC(=O)NC1CC1)N1CCOc2ccccc2C1. The third-order valence-electron chi connectivity index (χ3n) is 4.13. The highest BCUT2D eigenvalue weighted by atomic mass is 16.5. The molecule has 5 heteroatoms. The van der Waals surface area contributed by atoms with Gasteiger partial charge in [0.25, 0.3) is 0 Å². The lowest BCUT2D eigenvalue weighted by atomic mass is 10.1. The summed E-state index contributed by atoms with van der Waals surface area (Å²) in [5.74, 6) is 1.06. The second-order valence-corrected chi connectivity index (χ2v) is 5.86. The number of carbonyl (C=O) groups is 1. The van der Waals surface area contributed by atoms with Crippen LogP contribution in [0.15, 0.2) is 24.3 Å². The molecule has 0 saturated heterocycles. The fourth-order valence-electron chi connectivity index (χ4n) is 2.75. The molecule has 0 aromatic heterocycles. The van der Waals surface area contributed by atoms with Gasteiger partial charge in [0.1, 0.15) is 12.4 Å². The van der Waals surface area contributed by atoms with E-state index in [-0.39, 0.29) is 11.9 Å². The second kappa shape index (κ2) is 6.45. The van der Waals surface area contributed by atoms with Gasteiger partial charge >= 0.3 is 0 Å². The van der Waals surface area contributed by atoms with E-state index in [0.717, 1.165) is 37.2 Å². The summed E-state index contributed by atoms with van der Waals surface area (Å²) in [6.45, 7) is 2.71. The van der Waals surface area contributed by atoms with Crippen LogP contribution in [-0.4, -0.2) is 42.6 Å². The summed E-state index contributed by atoms with van der Waals surface area (Å²) in [5, 5.41) is 3.04. The number of para-hydroxylation sites is 1. The fraction of sp³-hybridized carbons (Fsp3) is 0.562. The number of nitrogens with zero attached hydrogens (tertiary/aromatic N) is 1. The Bertz CT molecular complexity index is 502. The van der Waals surface area contributed by atoms with Crippen LogP contribution in [0.25, 0.3) is 0 Å². The Morgan fingerprint density at radius 3 is 3.00 bits per heavy atom. The number of benzene rings is 1. The first-order chi connectivity index (χ1) is 10.3. The zero-order valence-corrected chi connectivity index (χ0v) is 12.3. The molecule has 1 heterocycles. The van der Waals surface area contributed by atoms with Gasteiger partial charge in [-0.3, -0.25) is 9.69 Å². The van der Waals surface area contributed by atoms with Gasteiger partial charge in [-0.25, -0.2) is 0 Å². The fourth-order valence-corrected chi connectivity index (χ4v) is 2.75. The number of amides is 1. The molecule has 114 valence electrons. The predicted octanol–water partition coefficient (Wildman–Crippen LogP) is 0.877. The predicted molar refractivity (Wildman–Crippen MR) is 81.0 cm³/mol. The summed E-state index contributed by atoms with van der Waals surface area (Å²) in [5.41, 5.74) is 7.07. The van der Waals surface area contributed by atoms with Crippen molar-refractivity contribution in [2.24, 2.45) is 5.73 Å². The molecule has 0 radical (unpaired) electrons. The number of hydrogen-bond acceptors (Lipinski definition) is 4. The lowest BCUT2D eigenvalue weighted by molar-refractivity contribution is -0.122. The van der Waals surface area contributed by atoms with E-state index in [4.69, 9.17) is 10.5 Å². The zero-order valence-electron chi connectivity index (χ0n) is 12.3. The maximum atomic E-state index is 12.0. The first-order valence-corrected chi connectivity index (χ1v) is 7.70. The van der Waals surface area contributed by atoms with Crippen LogP contribution in [0.4, 0.5) is 0 Å². The molecular weight excluding hydrogens is 266 g/mol. The summed E-state index contributed by atoms with van der Waals surface area (Å²) in [6.07, 6.45) is 2.70. The Morgan fingerprint density at radius 1 is 1.43 bits per heavy atom. The third kappa shape index (κ3) is 3.74. The average Bonchev–Trinajstić information content (AvgIpc) is 3.30. The normalized spacial score (nSPS) is 20.0. The molecule has 1 aromatic rings. The summed E-state index contributed by atoms with van der Waals surface area (Å²) in [7, 11) is 0. The molecule has 0 bridgehead atoms. The van der Waals surface area contributed by atoms with Crippen molar-refractivity contribution in [2.45, 2.75) is 37.9 Å². The van der Waals surface area contributed by atoms with E-state index in [9.17, 15) is 4.79 Å². The summed E-state index contributed by atoms with van der Waals surface area (Å²) >= 11 is 0. The van der Waals surface area contributed by atoms with E-state index in [1.54, 1.807) is 0 Å². The van der Waals surface area contributed by atoms with Crippen LogP contribution < -0.4 is 15.8 Å². The molecule has 1 unspecified atom stereocenters. The van der Waals surface area contributed by atoms with Gasteiger partial charge in [0.15, 0.2) is 0 Å². The standard InChI is InChI=1S/C16H23N3O2/c17-10-14(9-16(20)18-13-5-6-13)19-7-8-21-15-4-2-1-3-12(15)11-19/h1-4,13-14H,5-11,17H2,(H,18,20). The molecule has 2 aliphatic rings. The van der Waals surface area contributed by atoms with Crippen molar-refractivity contribution in [3.05, 3.63) is 29.8 Å². The molecule has 1 aliphatic carbocycles. The molecule has 5 nitrogen and oxygen atoms in total. The van der Waals surface area contributed by atoms with Gasteiger partial charge in [-0.1, -0.05) is 18.2 Å². The number of carbonyl (C=O) groups excluding carboxylic acids is 1. The van der Waals surface area contributed by atoms with Crippen LogP contribution in [0.2, 0.25) is 0 Å². The number of nitrogens with two attached hydrogens (primary N) is 1. The van der Waals surface area contributed by atoms with Crippen molar-refractivity contribution in [2.75, 3.05) is 19.7 Å². The minimum absolute atomic E-state index is 0.0681. The molecule has 3 rings (SSSR count). The third-order valence-corrected chi connectivity index (χ3v) is 4.13. The van der Waals surface area contributed by atoms with Gasteiger partial charge in [-0.15, -0.1) is 0 Å². The molecule has 0 spiro atoms. The smallest absolute Gasteiger partial charge is 0.221 e. The van der Waals surface area contributed by atoms with Gasteiger partial charge in [0.2, 0.25) is 5.91 Å². The van der Waals surface area contributed by atoms with Crippen LogP contribution in [-0.2, 0) is 11.3 Å². The van der Waals surface area contributed by atoms with Gasteiger partial charge in [0, 0.05) is 43.7 Å². The monoisotopic (exact) mass is 289 g/mol. The van der Waals surface area contributed by atoms with Crippen LogP contribution in [0, 0.1) is 0 Å². The van der Waals surface area contributed by atoms with Crippen molar-refractivity contribution in [1.82, 2.24) is 10.2 Å². The molecule has 1 atom stereocenters. The number of nitrogens with one attached hydrogen (secondary N) is 1. The van der Waals surface area contributed by atoms with Gasteiger partial charge in [-0.2, -0.15) is 0 Å². The minimum Gasteiger partial charge on any atom is -0.492 e. The van der Waals surface area contributed by atoms with Gasteiger partial charge < -0.3 is 15.8 Å². The van der Waals surface area contributed by atoms with E-state index in [1.807, 2.05) is 18.2 Å². The maximum absolute atomic E-state index is 12.0.